The van der Waals surface area contributed by atoms with Gasteiger partial charge in [0, 0.05) is 22.0 Å². The zero-order valence-electron chi connectivity index (χ0n) is 14.2. The standard InChI is InChI=1S/C15H20O4/c1-10(7-13(17)18)5-6-15(19)11(2)8-12(16)9-14(15,3)4/h5-8,19H,9H2,1-4H3,(H,17,18)/b6-5+,10-7+/t15-/m1/s1/i1D3. The number of carboxylic acids is 1. The lowest BCUT2D eigenvalue weighted by Crippen LogP contribution is -2.48. The monoisotopic (exact) mass is 267 g/mol. The lowest BCUT2D eigenvalue weighted by Gasteiger charge is -2.43. The largest absolute Gasteiger partial charge is 0.478 e. The van der Waals surface area contributed by atoms with Gasteiger partial charge >= 0.3 is 5.97 Å². The molecule has 1 aliphatic carbocycles. The molecule has 0 fully saturated rings. The van der Waals surface area contributed by atoms with E-state index in [-0.39, 0.29) is 12.2 Å². The van der Waals surface area contributed by atoms with E-state index in [1.54, 1.807) is 20.8 Å². The first-order valence-electron chi connectivity index (χ1n) is 7.38. The van der Waals surface area contributed by atoms with E-state index in [4.69, 9.17) is 9.22 Å². The van der Waals surface area contributed by atoms with Gasteiger partial charge < -0.3 is 10.2 Å². The van der Waals surface area contributed by atoms with E-state index in [1.807, 2.05) is 0 Å². The number of hydrogen-bond acceptors (Lipinski definition) is 3. The van der Waals surface area contributed by atoms with Crippen molar-refractivity contribution in [2.75, 3.05) is 0 Å². The number of aliphatic carboxylic acids is 1. The summed E-state index contributed by atoms with van der Waals surface area (Å²) in [7, 11) is 0. The predicted octanol–water partition coefficient (Wildman–Crippen LogP) is 2.25. The summed E-state index contributed by atoms with van der Waals surface area (Å²) in [5.41, 5.74) is -2.36. The quantitative estimate of drug-likeness (QED) is 0.607. The van der Waals surface area contributed by atoms with Crippen LogP contribution in [0.15, 0.2) is 35.5 Å². The summed E-state index contributed by atoms with van der Waals surface area (Å²) in [6.45, 7) is 2.36. The van der Waals surface area contributed by atoms with Crippen LogP contribution in [0.1, 0.15) is 38.2 Å². The molecule has 0 heterocycles. The van der Waals surface area contributed by atoms with E-state index in [0.29, 0.717) is 11.6 Å². The zero-order valence-corrected chi connectivity index (χ0v) is 11.2. The van der Waals surface area contributed by atoms with Gasteiger partial charge in [-0.1, -0.05) is 19.9 Å². The second kappa shape index (κ2) is 5.13. The molecule has 0 unspecified atom stereocenters. The van der Waals surface area contributed by atoms with Gasteiger partial charge in [-0.25, -0.2) is 4.79 Å². The Morgan fingerprint density at radius 3 is 2.63 bits per heavy atom. The minimum Gasteiger partial charge on any atom is -0.478 e. The van der Waals surface area contributed by atoms with Crippen molar-refractivity contribution in [3.8, 4) is 0 Å². The number of carbonyl (C=O) groups excluding carboxylic acids is 1. The average Bonchev–Trinajstić information content (AvgIpc) is 2.29. The third kappa shape index (κ3) is 3.20. The number of ketones is 1. The molecule has 4 heteroatoms. The summed E-state index contributed by atoms with van der Waals surface area (Å²) in [5, 5.41) is 19.6. The Morgan fingerprint density at radius 2 is 2.16 bits per heavy atom. The Bertz CT molecular complexity index is 582. The maximum absolute atomic E-state index is 11.6. The number of carboxylic acid groups (broad SMARTS) is 1. The number of rotatable bonds is 3. The fourth-order valence-electron chi connectivity index (χ4n) is 2.26. The highest BCUT2D eigenvalue weighted by atomic mass is 16.4. The first kappa shape index (κ1) is 11.2. The molecule has 1 aliphatic rings. The van der Waals surface area contributed by atoms with E-state index in [9.17, 15) is 14.7 Å². The molecule has 1 atom stereocenters. The van der Waals surface area contributed by atoms with Gasteiger partial charge in [0.25, 0.3) is 0 Å². The van der Waals surface area contributed by atoms with Gasteiger partial charge in [-0.05, 0) is 37.1 Å². The Balaban J connectivity index is 3.32. The molecular formula is C15H20O4. The Morgan fingerprint density at radius 1 is 1.53 bits per heavy atom. The van der Waals surface area contributed by atoms with Crippen LogP contribution in [0.5, 0.6) is 0 Å². The number of aliphatic hydroxyl groups is 1. The van der Waals surface area contributed by atoms with Crippen molar-refractivity contribution < 1.29 is 23.9 Å². The third-order valence-electron chi connectivity index (χ3n) is 3.41. The van der Waals surface area contributed by atoms with Crippen LogP contribution in [0.2, 0.25) is 0 Å². The Hall–Kier alpha value is -1.68. The molecule has 104 valence electrons. The maximum atomic E-state index is 11.6. The summed E-state index contributed by atoms with van der Waals surface area (Å²) < 4.78 is 22.0. The van der Waals surface area contributed by atoms with E-state index >= 15 is 0 Å². The van der Waals surface area contributed by atoms with E-state index in [0.717, 1.165) is 6.08 Å². The highest BCUT2D eigenvalue weighted by Crippen LogP contribution is 2.44. The summed E-state index contributed by atoms with van der Waals surface area (Å²) in [4.78, 5) is 22.4. The minimum absolute atomic E-state index is 0.108. The number of carbonyl (C=O) groups is 2. The number of hydrogen-bond donors (Lipinski definition) is 2. The van der Waals surface area contributed by atoms with Crippen LogP contribution in [0, 0.1) is 5.41 Å². The van der Waals surface area contributed by atoms with Crippen molar-refractivity contribution in [3.63, 3.8) is 0 Å². The van der Waals surface area contributed by atoms with Crippen LogP contribution >= 0.6 is 0 Å². The Kier molecular flexibility index (Phi) is 3.02. The summed E-state index contributed by atoms with van der Waals surface area (Å²) in [6, 6.07) is 0. The molecule has 2 N–H and O–H groups in total. The molecule has 0 saturated heterocycles. The Labute approximate surface area is 117 Å². The molecule has 1 rings (SSSR count). The lowest BCUT2D eigenvalue weighted by molar-refractivity contribution is -0.131. The van der Waals surface area contributed by atoms with E-state index in [1.165, 1.54) is 12.2 Å². The highest BCUT2D eigenvalue weighted by molar-refractivity contribution is 5.92. The zero-order chi connectivity index (χ0) is 17.3. The van der Waals surface area contributed by atoms with Gasteiger partial charge in [0.2, 0.25) is 0 Å². The molecular weight excluding hydrogens is 244 g/mol. The van der Waals surface area contributed by atoms with Crippen molar-refractivity contribution in [2.24, 2.45) is 5.41 Å². The van der Waals surface area contributed by atoms with Crippen LogP contribution in [0.25, 0.3) is 0 Å². The van der Waals surface area contributed by atoms with Gasteiger partial charge in [-0.3, -0.25) is 4.79 Å². The maximum Gasteiger partial charge on any atom is 0.328 e. The summed E-state index contributed by atoms with van der Waals surface area (Å²) in [5.74, 6) is -1.49. The number of allylic oxidation sites excluding steroid dienone is 3. The van der Waals surface area contributed by atoms with Gasteiger partial charge in [-0.2, -0.15) is 0 Å². The SMILES string of the molecule is [2H]C([2H])([2H])C(/C=C/[C@@]1(O)C(C)=CC(=O)CC1(C)C)=C\C(=O)O. The van der Waals surface area contributed by atoms with Gasteiger partial charge in [-0.15, -0.1) is 0 Å². The molecule has 0 aliphatic heterocycles. The van der Waals surface area contributed by atoms with Crippen LogP contribution in [0.3, 0.4) is 0 Å². The van der Waals surface area contributed by atoms with E-state index in [2.05, 4.69) is 0 Å². The van der Waals surface area contributed by atoms with Gasteiger partial charge in [0.05, 0.1) is 0 Å². The van der Waals surface area contributed by atoms with Gasteiger partial charge in [0.15, 0.2) is 5.78 Å². The molecule has 4 nitrogen and oxygen atoms in total. The van der Waals surface area contributed by atoms with Crippen LogP contribution in [0.4, 0.5) is 0 Å². The van der Waals surface area contributed by atoms with Crippen LogP contribution in [-0.2, 0) is 9.59 Å². The van der Waals surface area contributed by atoms with Crippen LogP contribution < -0.4 is 0 Å². The van der Waals surface area contributed by atoms with Crippen molar-refractivity contribution in [3.05, 3.63) is 35.5 Å². The first-order valence-corrected chi connectivity index (χ1v) is 5.88. The minimum atomic E-state index is -2.61. The third-order valence-corrected chi connectivity index (χ3v) is 3.41. The summed E-state index contributed by atoms with van der Waals surface area (Å²) >= 11 is 0. The molecule has 0 aromatic rings. The van der Waals surface area contributed by atoms with Gasteiger partial charge in [0.1, 0.15) is 5.60 Å². The molecule has 0 saturated carbocycles. The van der Waals surface area contributed by atoms with Crippen molar-refractivity contribution in [1.82, 2.24) is 0 Å². The molecule has 0 spiro atoms. The van der Waals surface area contributed by atoms with Crippen molar-refractivity contribution in [1.29, 1.82) is 0 Å². The molecule has 19 heavy (non-hydrogen) atoms. The fourth-order valence-corrected chi connectivity index (χ4v) is 2.26. The average molecular weight is 267 g/mol. The summed E-state index contributed by atoms with van der Waals surface area (Å²) in [6.07, 6.45) is 4.37. The van der Waals surface area contributed by atoms with E-state index < -0.39 is 29.4 Å². The smallest absolute Gasteiger partial charge is 0.328 e. The normalized spacial score (nSPS) is 30.5. The predicted molar refractivity (Wildman–Crippen MR) is 72.6 cm³/mol. The van der Waals surface area contributed by atoms with Crippen molar-refractivity contribution >= 4 is 11.8 Å². The molecule has 0 bridgehead atoms. The molecule has 0 radical (unpaired) electrons. The second-order valence-corrected chi connectivity index (χ2v) is 5.39. The highest BCUT2D eigenvalue weighted by Gasteiger charge is 2.46. The lowest BCUT2D eigenvalue weighted by atomic mass is 9.64. The molecule has 0 aromatic heterocycles. The van der Waals surface area contributed by atoms with Crippen LogP contribution in [-0.4, -0.2) is 27.6 Å². The topological polar surface area (TPSA) is 74.6 Å². The second-order valence-electron chi connectivity index (χ2n) is 5.39. The fraction of sp³-hybridized carbons (Fsp3) is 0.467. The van der Waals surface area contributed by atoms with Crippen molar-refractivity contribution in [2.45, 2.75) is 39.6 Å². The first-order chi connectivity index (χ1) is 9.79. The molecule has 0 aromatic carbocycles. The molecule has 0 amide bonds.